The Hall–Kier alpha value is -3.35. The number of amides is 3. The second kappa shape index (κ2) is 7.69. The van der Waals surface area contributed by atoms with Crippen LogP contribution in [-0.2, 0) is 9.59 Å². The van der Waals surface area contributed by atoms with Crippen LogP contribution in [-0.4, -0.2) is 30.5 Å². The smallest absolute Gasteiger partial charge is 0.335 e. The van der Waals surface area contributed by atoms with Crippen molar-refractivity contribution in [1.29, 1.82) is 0 Å². The highest BCUT2D eigenvalue weighted by Crippen LogP contribution is 2.35. The molecule has 2 aromatic rings. The van der Waals surface area contributed by atoms with Gasteiger partial charge < -0.3 is 15.4 Å². The second-order valence-corrected chi connectivity index (χ2v) is 5.73. The summed E-state index contributed by atoms with van der Waals surface area (Å²) in [6.45, 7) is 2.18. The van der Waals surface area contributed by atoms with Gasteiger partial charge in [0.15, 0.2) is 5.75 Å². The zero-order valence-corrected chi connectivity index (χ0v) is 14.3. The van der Waals surface area contributed by atoms with E-state index in [-0.39, 0.29) is 12.3 Å². The molecule has 0 saturated carbocycles. The van der Waals surface area contributed by atoms with Crippen LogP contribution in [0, 0.1) is 0 Å². The van der Waals surface area contributed by atoms with Crippen LogP contribution in [0.15, 0.2) is 54.6 Å². The van der Waals surface area contributed by atoms with Crippen molar-refractivity contribution in [2.45, 2.75) is 19.4 Å². The summed E-state index contributed by atoms with van der Waals surface area (Å²) in [6, 6.07) is 14.2. The maximum atomic E-state index is 12.5. The van der Waals surface area contributed by atoms with Crippen molar-refractivity contribution in [2.24, 2.45) is 0 Å². The molecule has 0 radical (unpaired) electrons. The van der Waals surface area contributed by atoms with E-state index in [1.165, 1.54) is 4.90 Å². The van der Waals surface area contributed by atoms with Gasteiger partial charge in [0, 0.05) is 12.2 Å². The van der Waals surface area contributed by atoms with Gasteiger partial charge >= 0.3 is 12.0 Å². The number of ether oxygens (including phenoxy) is 1. The van der Waals surface area contributed by atoms with E-state index in [4.69, 9.17) is 4.74 Å². The number of carbonyl (C=O) groups is 3. The molecular formula is C19H19N3O4. The van der Waals surface area contributed by atoms with E-state index < -0.39 is 18.0 Å². The Kier molecular flexibility index (Phi) is 5.17. The van der Waals surface area contributed by atoms with Crippen LogP contribution in [0.4, 0.5) is 16.2 Å². The highest BCUT2D eigenvalue weighted by Gasteiger charge is 2.39. The van der Waals surface area contributed by atoms with Crippen molar-refractivity contribution in [3.8, 4) is 5.75 Å². The number of benzene rings is 2. The molecule has 0 bridgehead atoms. The Bertz CT molecular complexity index is 823. The average Bonchev–Trinajstić information content (AvgIpc) is 2.63. The number of para-hydroxylation sites is 3. The highest BCUT2D eigenvalue weighted by atomic mass is 16.5. The zero-order valence-electron chi connectivity index (χ0n) is 14.3. The number of esters is 1. The van der Waals surface area contributed by atoms with Crippen LogP contribution < -0.4 is 20.3 Å². The van der Waals surface area contributed by atoms with Crippen LogP contribution in [0.1, 0.15) is 13.3 Å². The van der Waals surface area contributed by atoms with E-state index in [0.29, 0.717) is 23.7 Å². The Labute approximate surface area is 150 Å². The van der Waals surface area contributed by atoms with E-state index in [1.54, 1.807) is 55.5 Å². The summed E-state index contributed by atoms with van der Waals surface area (Å²) < 4.78 is 5.31. The molecule has 2 aromatic carbocycles. The van der Waals surface area contributed by atoms with E-state index in [1.807, 2.05) is 6.07 Å². The lowest BCUT2D eigenvalue weighted by Gasteiger charge is -2.34. The van der Waals surface area contributed by atoms with E-state index in [2.05, 4.69) is 10.6 Å². The Morgan fingerprint density at radius 1 is 1.08 bits per heavy atom. The van der Waals surface area contributed by atoms with Gasteiger partial charge in [-0.1, -0.05) is 30.3 Å². The zero-order chi connectivity index (χ0) is 18.5. The van der Waals surface area contributed by atoms with Crippen molar-refractivity contribution in [1.82, 2.24) is 5.32 Å². The monoisotopic (exact) mass is 353 g/mol. The molecule has 0 aliphatic carbocycles. The van der Waals surface area contributed by atoms with Gasteiger partial charge in [-0.05, 0) is 31.2 Å². The molecule has 0 fully saturated rings. The van der Waals surface area contributed by atoms with E-state index >= 15 is 0 Å². The van der Waals surface area contributed by atoms with Crippen LogP contribution >= 0.6 is 0 Å². The fourth-order valence-electron chi connectivity index (χ4n) is 2.76. The van der Waals surface area contributed by atoms with Crippen LogP contribution in [0.2, 0.25) is 0 Å². The summed E-state index contributed by atoms with van der Waals surface area (Å²) in [6.07, 6.45) is -0.209. The maximum absolute atomic E-state index is 12.5. The molecule has 3 rings (SSSR count). The Morgan fingerprint density at radius 3 is 2.50 bits per heavy atom. The number of hydrogen-bond donors (Lipinski definition) is 2. The van der Waals surface area contributed by atoms with Crippen molar-refractivity contribution in [3.05, 3.63) is 54.6 Å². The third-order valence-electron chi connectivity index (χ3n) is 3.90. The topological polar surface area (TPSA) is 87.7 Å². The van der Waals surface area contributed by atoms with Gasteiger partial charge in [0.25, 0.3) is 0 Å². The standard InChI is InChI=1S/C19H19N3O4/c1-2-20-19(25)22-14-10-6-7-11-16(14)26-18(24)15(22)12-17(23)21-13-8-4-3-5-9-13/h3-11,15H,2,12H2,1H3,(H,20,25)(H,21,23)/t15-/m1/s1. The number of nitrogens with zero attached hydrogens (tertiary/aromatic N) is 1. The third kappa shape index (κ3) is 3.66. The molecule has 1 heterocycles. The number of fused-ring (bicyclic) bond motifs is 1. The van der Waals surface area contributed by atoms with E-state index in [0.717, 1.165) is 0 Å². The minimum atomic E-state index is -1.04. The lowest BCUT2D eigenvalue weighted by molar-refractivity contribution is -0.138. The summed E-state index contributed by atoms with van der Waals surface area (Å²) >= 11 is 0. The SMILES string of the molecule is CCNC(=O)N1c2ccccc2OC(=O)[C@H]1CC(=O)Nc1ccccc1. The predicted octanol–water partition coefficient (Wildman–Crippen LogP) is 2.54. The molecule has 2 N–H and O–H groups in total. The van der Waals surface area contributed by atoms with Gasteiger partial charge in [-0.2, -0.15) is 0 Å². The van der Waals surface area contributed by atoms with Gasteiger partial charge in [0.05, 0.1) is 12.1 Å². The van der Waals surface area contributed by atoms with Crippen molar-refractivity contribution in [2.75, 3.05) is 16.8 Å². The van der Waals surface area contributed by atoms with Crippen LogP contribution in [0.5, 0.6) is 5.75 Å². The first-order valence-corrected chi connectivity index (χ1v) is 8.33. The largest absolute Gasteiger partial charge is 0.423 e. The molecule has 0 saturated heterocycles. The van der Waals surface area contributed by atoms with E-state index in [9.17, 15) is 14.4 Å². The number of anilines is 2. The molecule has 3 amide bonds. The number of carbonyl (C=O) groups excluding carboxylic acids is 3. The van der Waals surface area contributed by atoms with Crippen molar-refractivity contribution >= 4 is 29.3 Å². The molecule has 1 aliphatic rings. The quantitative estimate of drug-likeness (QED) is 0.653. The van der Waals surface area contributed by atoms with Crippen molar-refractivity contribution in [3.63, 3.8) is 0 Å². The second-order valence-electron chi connectivity index (χ2n) is 5.73. The Balaban J connectivity index is 1.84. The van der Waals surface area contributed by atoms with Crippen molar-refractivity contribution < 1.29 is 19.1 Å². The lowest BCUT2D eigenvalue weighted by Crippen LogP contribution is -2.54. The molecule has 26 heavy (non-hydrogen) atoms. The van der Waals surface area contributed by atoms with Gasteiger partial charge in [0.1, 0.15) is 6.04 Å². The molecule has 1 atom stereocenters. The summed E-state index contributed by atoms with van der Waals surface area (Å²) in [5, 5.41) is 5.40. The summed E-state index contributed by atoms with van der Waals surface area (Å²) in [5.74, 6) is -0.728. The molecule has 7 heteroatoms. The molecule has 7 nitrogen and oxygen atoms in total. The summed E-state index contributed by atoms with van der Waals surface area (Å²) in [7, 11) is 0. The number of hydrogen-bond acceptors (Lipinski definition) is 4. The normalized spacial score (nSPS) is 15.7. The highest BCUT2D eigenvalue weighted by molar-refractivity contribution is 6.05. The molecular weight excluding hydrogens is 334 g/mol. The Morgan fingerprint density at radius 2 is 1.77 bits per heavy atom. The first-order valence-electron chi connectivity index (χ1n) is 8.33. The van der Waals surface area contributed by atoms with Gasteiger partial charge in [-0.3, -0.25) is 9.69 Å². The minimum Gasteiger partial charge on any atom is -0.423 e. The minimum absolute atomic E-state index is 0.209. The summed E-state index contributed by atoms with van der Waals surface area (Å²) in [5.41, 5.74) is 1.07. The van der Waals surface area contributed by atoms with Crippen LogP contribution in [0.25, 0.3) is 0 Å². The number of urea groups is 1. The molecule has 0 aromatic heterocycles. The third-order valence-corrected chi connectivity index (χ3v) is 3.90. The first-order chi connectivity index (χ1) is 12.6. The maximum Gasteiger partial charge on any atom is 0.335 e. The van der Waals surface area contributed by atoms with Crippen LogP contribution in [0.3, 0.4) is 0 Å². The lowest BCUT2D eigenvalue weighted by atomic mass is 10.1. The van der Waals surface area contributed by atoms with Gasteiger partial charge in [0.2, 0.25) is 5.91 Å². The first kappa shape index (κ1) is 17.5. The predicted molar refractivity (Wildman–Crippen MR) is 97.1 cm³/mol. The molecule has 0 spiro atoms. The summed E-state index contributed by atoms with van der Waals surface area (Å²) in [4.78, 5) is 38.6. The number of nitrogens with one attached hydrogen (secondary N) is 2. The fourth-order valence-corrected chi connectivity index (χ4v) is 2.76. The van der Waals surface area contributed by atoms with Gasteiger partial charge in [-0.15, -0.1) is 0 Å². The molecule has 0 unspecified atom stereocenters. The molecule has 134 valence electrons. The number of rotatable bonds is 4. The fraction of sp³-hybridized carbons (Fsp3) is 0.211. The van der Waals surface area contributed by atoms with Gasteiger partial charge in [-0.25, -0.2) is 9.59 Å². The molecule has 1 aliphatic heterocycles. The average molecular weight is 353 g/mol.